The van der Waals surface area contributed by atoms with E-state index in [0.29, 0.717) is 12.2 Å². The van der Waals surface area contributed by atoms with Crippen LogP contribution in [0.2, 0.25) is 0 Å². The van der Waals surface area contributed by atoms with Crippen LogP contribution in [0.4, 0.5) is 0 Å². The number of benzene rings is 1. The summed E-state index contributed by atoms with van der Waals surface area (Å²) in [6, 6.07) is 7.11. The zero-order valence-corrected chi connectivity index (χ0v) is 11.6. The number of ether oxygens (including phenoxy) is 2. The fourth-order valence-corrected chi connectivity index (χ4v) is 1.86. The zero-order valence-electron chi connectivity index (χ0n) is 11.6. The quantitative estimate of drug-likeness (QED) is 0.757. The van der Waals surface area contributed by atoms with Gasteiger partial charge < -0.3 is 20.3 Å². The standard InChI is InChI=1S/C14H21NO4/c1-10(8-14(2,15)13(17)18-3)19-12-6-4-11(9-16)5-7-12/h4-7,10,16H,8-9,15H2,1-3H3. The van der Waals surface area contributed by atoms with Crippen molar-refractivity contribution in [2.75, 3.05) is 7.11 Å². The van der Waals surface area contributed by atoms with Crippen LogP contribution < -0.4 is 10.5 Å². The molecule has 2 atom stereocenters. The Balaban J connectivity index is 2.59. The molecular weight excluding hydrogens is 246 g/mol. The van der Waals surface area contributed by atoms with Gasteiger partial charge in [0.2, 0.25) is 0 Å². The van der Waals surface area contributed by atoms with E-state index in [1.807, 2.05) is 6.92 Å². The van der Waals surface area contributed by atoms with Crippen molar-refractivity contribution in [3.8, 4) is 5.75 Å². The maximum atomic E-state index is 11.5. The van der Waals surface area contributed by atoms with Crippen molar-refractivity contribution in [1.82, 2.24) is 0 Å². The topological polar surface area (TPSA) is 81.8 Å². The summed E-state index contributed by atoms with van der Waals surface area (Å²) in [5, 5.41) is 8.94. The van der Waals surface area contributed by atoms with Crippen LogP contribution >= 0.6 is 0 Å². The normalized spacial score (nSPS) is 15.4. The average Bonchev–Trinajstić information content (AvgIpc) is 2.37. The molecule has 0 aliphatic rings. The number of esters is 1. The molecule has 0 saturated carbocycles. The Morgan fingerprint density at radius 2 is 2.00 bits per heavy atom. The van der Waals surface area contributed by atoms with Crippen molar-refractivity contribution in [1.29, 1.82) is 0 Å². The minimum Gasteiger partial charge on any atom is -0.491 e. The van der Waals surface area contributed by atoms with Gasteiger partial charge in [-0.2, -0.15) is 0 Å². The summed E-state index contributed by atoms with van der Waals surface area (Å²) in [4.78, 5) is 11.5. The molecule has 2 unspecified atom stereocenters. The number of carbonyl (C=O) groups is 1. The Morgan fingerprint density at radius 1 is 1.42 bits per heavy atom. The van der Waals surface area contributed by atoms with Gasteiger partial charge in [0.05, 0.1) is 19.8 Å². The van der Waals surface area contributed by atoms with Gasteiger partial charge >= 0.3 is 5.97 Å². The molecule has 0 fully saturated rings. The molecule has 0 amide bonds. The maximum absolute atomic E-state index is 11.5. The van der Waals surface area contributed by atoms with Gasteiger partial charge in [0.25, 0.3) is 0 Å². The summed E-state index contributed by atoms with van der Waals surface area (Å²) in [5.74, 6) is 0.212. The van der Waals surface area contributed by atoms with Crippen LogP contribution in [-0.2, 0) is 16.1 Å². The fraction of sp³-hybridized carbons (Fsp3) is 0.500. The molecule has 1 aromatic rings. The highest BCUT2D eigenvalue weighted by Gasteiger charge is 2.32. The number of aliphatic hydroxyl groups excluding tert-OH is 1. The van der Waals surface area contributed by atoms with Crippen LogP contribution in [0.3, 0.4) is 0 Å². The summed E-state index contributed by atoms with van der Waals surface area (Å²) >= 11 is 0. The van der Waals surface area contributed by atoms with E-state index in [0.717, 1.165) is 5.56 Å². The average molecular weight is 267 g/mol. The predicted octanol–water partition coefficient (Wildman–Crippen LogP) is 1.23. The third kappa shape index (κ3) is 4.54. The van der Waals surface area contributed by atoms with Crippen LogP contribution in [0.1, 0.15) is 25.8 Å². The first kappa shape index (κ1) is 15.5. The lowest BCUT2D eigenvalue weighted by Crippen LogP contribution is -2.48. The van der Waals surface area contributed by atoms with Crippen molar-refractivity contribution >= 4 is 5.97 Å². The Bertz CT molecular complexity index is 414. The molecule has 0 saturated heterocycles. The SMILES string of the molecule is COC(=O)C(C)(N)CC(C)Oc1ccc(CO)cc1. The van der Waals surface area contributed by atoms with Gasteiger partial charge in [0.15, 0.2) is 0 Å². The van der Waals surface area contributed by atoms with Gasteiger partial charge in [0.1, 0.15) is 11.3 Å². The number of rotatable bonds is 6. The first-order chi connectivity index (χ1) is 8.89. The monoisotopic (exact) mass is 267 g/mol. The molecule has 3 N–H and O–H groups in total. The summed E-state index contributed by atoms with van der Waals surface area (Å²) in [7, 11) is 1.31. The third-order valence-corrected chi connectivity index (χ3v) is 2.81. The lowest BCUT2D eigenvalue weighted by atomic mass is 9.96. The number of carbonyl (C=O) groups excluding carboxylic acids is 1. The van der Waals surface area contributed by atoms with Gasteiger partial charge in [-0.15, -0.1) is 0 Å². The van der Waals surface area contributed by atoms with Gasteiger partial charge in [-0.25, -0.2) is 0 Å². The summed E-state index contributed by atoms with van der Waals surface area (Å²) < 4.78 is 10.3. The summed E-state index contributed by atoms with van der Waals surface area (Å²) in [5.41, 5.74) is 5.63. The molecule has 0 radical (unpaired) electrons. The zero-order chi connectivity index (χ0) is 14.5. The lowest BCUT2D eigenvalue weighted by molar-refractivity contribution is -0.147. The first-order valence-corrected chi connectivity index (χ1v) is 6.13. The number of hydrogen-bond acceptors (Lipinski definition) is 5. The second-order valence-corrected chi connectivity index (χ2v) is 4.84. The minimum atomic E-state index is -1.07. The smallest absolute Gasteiger partial charge is 0.325 e. The molecule has 1 aromatic carbocycles. The van der Waals surface area contributed by atoms with Crippen molar-refractivity contribution in [2.24, 2.45) is 5.73 Å². The minimum absolute atomic E-state index is 0.000947. The van der Waals surface area contributed by atoms with Crippen LogP contribution in [-0.4, -0.2) is 29.8 Å². The van der Waals surface area contributed by atoms with E-state index >= 15 is 0 Å². The highest BCUT2D eigenvalue weighted by Crippen LogP contribution is 2.18. The summed E-state index contributed by atoms with van der Waals surface area (Å²) in [6.45, 7) is 3.46. The molecule has 1 rings (SSSR count). The van der Waals surface area contributed by atoms with E-state index in [1.54, 1.807) is 31.2 Å². The van der Waals surface area contributed by atoms with Crippen molar-refractivity contribution in [3.05, 3.63) is 29.8 Å². The largest absolute Gasteiger partial charge is 0.491 e. The number of aliphatic hydroxyl groups is 1. The molecule has 0 bridgehead atoms. The fourth-order valence-electron chi connectivity index (χ4n) is 1.86. The van der Waals surface area contributed by atoms with E-state index in [-0.39, 0.29) is 12.7 Å². The van der Waals surface area contributed by atoms with E-state index in [4.69, 9.17) is 15.6 Å². The second-order valence-electron chi connectivity index (χ2n) is 4.84. The predicted molar refractivity (Wildman–Crippen MR) is 71.7 cm³/mol. The molecular formula is C14H21NO4. The Morgan fingerprint density at radius 3 is 2.47 bits per heavy atom. The molecule has 5 heteroatoms. The lowest BCUT2D eigenvalue weighted by Gasteiger charge is -2.25. The van der Waals surface area contributed by atoms with Gasteiger partial charge in [-0.1, -0.05) is 12.1 Å². The van der Waals surface area contributed by atoms with Crippen LogP contribution in [0.15, 0.2) is 24.3 Å². The third-order valence-electron chi connectivity index (χ3n) is 2.81. The van der Waals surface area contributed by atoms with Crippen molar-refractivity contribution in [3.63, 3.8) is 0 Å². The second kappa shape index (κ2) is 6.54. The molecule has 0 heterocycles. The Hall–Kier alpha value is -1.59. The number of hydrogen-bond donors (Lipinski definition) is 2. The van der Waals surface area contributed by atoms with Crippen molar-refractivity contribution in [2.45, 2.75) is 38.5 Å². The van der Waals surface area contributed by atoms with E-state index in [1.165, 1.54) is 7.11 Å². The van der Waals surface area contributed by atoms with Gasteiger partial charge in [-0.3, -0.25) is 4.79 Å². The van der Waals surface area contributed by atoms with E-state index in [9.17, 15) is 4.79 Å². The van der Waals surface area contributed by atoms with Crippen LogP contribution in [0.25, 0.3) is 0 Å². The van der Waals surface area contributed by atoms with Crippen LogP contribution in [0, 0.1) is 0 Å². The molecule has 0 aliphatic heterocycles. The van der Waals surface area contributed by atoms with Gasteiger partial charge in [0, 0.05) is 6.42 Å². The summed E-state index contributed by atoms with van der Waals surface area (Å²) in [6.07, 6.45) is 0.121. The molecule has 0 aliphatic carbocycles. The molecule has 5 nitrogen and oxygen atoms in total. The van der Waals surface area contributed by atoms with Crippen LogP contribution in [0.5, 0.6) is 5.75 Å². The Labute approximate surface area is 113 Å². The molecule has 106 valence electrons. The van der Waals surface area contributed by atoms with E-state index < -0.39 is 11.5 Å². The van der Waals surface area contributed by atoms with E-state index in [2.05, 4.69) is 4.74 Å². The van der Waals surface area contributed by atoms with Crippen molar-refractivity contribution < 1.29 is 19.4 Å². The molecule has 0 aromatic heterocycles. The Kier molecular flexibility index (Phi) is 5.32. The maximum Gasteiger partial charge on any atom is 0.325 e. The molecule has 19 heavy (non-hydrogen) atoms. The number of nitrogens with two attached hydrogens (primary N) is 1. The highest BCUT2D eigenvalue weighted by atomic mass is 16.5. The first-order valence-electron chi connectivity index (χ1n) is 6.13. The highest BCUT2D eigenvalue weighted by molar-refractivity contribution is 5.79. The number of methoxy groups -OCH3 is 1. The van der Waals surface area contributed by atoms with Gasteiger partial charge in [-0.05, 0) is 31.5 Å². The molecule has 0 spiro atoms.